The van der Waals surface area contributed by atoms with Crippen LogP contribution in [0.2, 0.25) is 0 Å². The van der Waals surface area contributed by atoms with Crippen molar-refractivity contribution in [2.45, 2.75) is 31.8 Å². The summed E-state index contributed by atoms with van der Waals surface area (Å²) in [5, 5.41) is 15.6. The van der Waals surface area contributed by atoms with Crippen molar-refractivity contribution in [2.24, 2.45) is 0 Å². The van der Waals surface area contributed by atoms with E-state index in [2.05, 4.69) is 21.2 Å². The first-order valence-corrected chi connectivity index (χ1v) is 10.8. The normalized spacial score (nSPS) is 20.9. The number of carbonyl (C=O) groups is 2. The van der Waals surface area contributed by atoms with Gasteiger partial charge in [-0.05, 0) is 53.9 Å². The minimum absolute atomic E-state index is 0.125. The Labute approximate surface area is 194 Å². The fraction of sp³-hybridized carbons (Fsp3) is 0.273. The first kappa shape index (κ1) is 23.2. The predicted molar refractivity (Wildman–Crippen MR) is 114 cm³/mol. The summed E-state index contributed by atoms with van der Waals surface area (Å²) in [7, 11) is 0. The average molecular weight is 528 g/mol. The number of fused-ring (bicyclic) bond motifs is 1. The summed E-state index contributed by atoms with van der Waals surface area (Å²) < 4.78 is 56.0. The van der Waals surface area contributed by atoms with Gasteiger partial charge in [0.2, 0.25) is 0 Å². The number of amides is 2. The van der Waals surface area contributed by atoms with Gasteiger partial charge in [-0.1, -0.05) is 12.1 Å². The van der Waals surface area contributed by atoms with Crippen LogP contribution < -0.4 is 5.32 Å². The smallest absolute Gasteiger partial charge is 0.277 e. The van der Waals surface area contributed by atoms with Gasteiger partial charge >= 0.3 is 0 Å². The van der Waals surface area contributed by atoms with E-state index in [1.807, 2.05) is 0 Å². The fourth-order valence-electron chi connectivity index (χ4n) is 4.19. The number of aliphatic hydroxyl groups excluding tert-OH is 1. The summed E-state index contributed by atoms with van der Waals surface area (Å²) in [5.41, 5.74) is -2.51. The fourth-order valence-corrected chi connectivity index (χ4v) is 4.49. The molecule has 33 heavy (non-hydrogen) atoms. The Hall–Kier alpha value is -2.92. The summed E-state index contributed by atoms with van der Waals surface area (Å²) in [6.45, 7) is 1.53. The van der Waals surface area contributed by atoms with Crippen molar-refractivity contribution >= 4 is 33.4 Å². The van der Waals surface area contributed by atoms with Crippen LogP contribution in [0.1, 0.15) is 25.3 Å². The van der Waals surface area contributed by atoms with Crippen molar-refractivity contribution in [3.8, 4) is 0 Å². The molecule has 2 aromatic rings. The number of halogens is 5. The lowest BCUT2D eigenvalue weighted by Crippen LogP contribution is -2.60. The number of carbonyl (C=O) groups excluding carboxylic acids is 2. The minimum atomic E-state index is -1.35. The van der Waals surface area contributed by atoms with E-state index in [-0.39, 0.29) is 10.0 Å². The molecule has 0 saturated carbocycles. The zero-order chi connectivity index (χ0) is 24.1. The third kappa shape index (κ3) is 3.78. The summed E-state index contributed by atoms with van der Waals surface area (Å²) >= 11 is 2.83. The molecule has 0 spiro atoms. The van der Waals surface area contributed by atoms with Crippen molar-refractivity contribution in [1.29, 1.82) is 0 Å². The van der Waals surface area contributed by atoms with Crippen LogP contribution in [-0.4, -0.2) is 39.0 Å². The number of nitrogens with zero attached hydrogens (tertiary/aromatic N) is 2. The molecular weight excluding hydrogens is 510 g/mol. The van der Waals surface area contributed by atoms with Gasteiger partial charge in [0.05, 0.1) is 22.2 Å². The van der Waals surface area contributed by atoms with Crippen molar-refractivity contribution in [3.63, 3.8) is 0 Å². The molecule has 1 fully saturated rings. The number of nitrogens with one attached hydrogen (secondary N) is 1. The molecule has 4 rings (SSSR count). The van der Waals surface area contributed by atoms with Gasteiger partial charge in [0.1, 0.15) is 11.3 Å². The number of hydrogen-bond donors (Lipinski definition) is 2. The highest BCUT2D eigenvalue weighted by molar-refractivity contribution is 9.10. The van der Waals surface area contributed by atoms with E-state index in [1.54, 1.807) is 6.92 Å². The molecule has 1 saturated heterocycles. The Balaban J connectivity index is 1.73. The van der Waals surface area contributed by atoms with Crippen molar-refractivity contribution in [1.82, 2.24) is 10.0 Å². The van der Waals surface area contributed by atoms with Crippen LogP contribution in [0.4, 0.5) is 23.2 Å². The third-order valence-electron chi connectivity index (χ3n) is 5.95. The van der Waals surface area contributed by atoms with Crippen LogP contribution in [0.5, 0.6) is 0 Å². The molecule has 2 aromatic carbocycles. The van der Waals surface area contributed by atoms with Gasteiger partial charge in [-0.25, -0.2) is 22.6 Å². The number of aliphatic hydroxyl groups is 1. The molecular formula is C22H18BrF4N3O3. The molecule has 0 radical (unpaired) electrons. The quantitative estimate of drug-likeness (QED) is 0.347. The Morgan fingerprint density at radius 2 is 1.88 bits per heavy atom. The molecule has 0 unspecified atom stereocenters. The molecule has 1 atom stereocenters. The van der Waals surface area contributed by atoms with Crippen molar-refractivity contribution < 1.29 is 32.3 Å². The zero-order valence-corrected chi connectivity index (χ0v) is 18.8. The summed E-state index contributed by atoms with van der Waals surface area (Å²) in [6, 6.07) is 5.79. The molecule has 2 aliphatic heterocycles. The van der Waals surface area contributed by atoms with Crippen molar-refractivity contribution in [3.05, 3.63) is 75.0 Å². The maximum atomic E-state index is 14.3. The summed E-state index contributed by atoms with van der Waals surface area (Å²) in [4.78, 5) is 26.2. The molecule has 2 amide bonds. The van der Waals surface area contributed by atoms with E-state index in [4.69, 9.17) is 0 Å². The Bertz CT molecular complexity index is 1210. The molecule has 2 N–H and O–H groups in total. The van der Waals surface area contributed by atoms with E-state index >= 15 is 0 Å². The molecule has 0 aliphatic carbocycles. The van der Waals surface area contributed by atoms with Gasteiger partial charge < -0.3 is 10.4 Å². The first-order valence-electron chi connectivity index (χ1n) is 9.97. The maximum Gasteiger partial charge on any atom is 0.277 e. The van der Waals surface area contributed by atoms with E-state index in [1.165, 1.54) is 23.2 Å². The predicted octanol–water partition coefficient (Wildman–Crippen LogP) is 4.57. The van der Waals surface area contributed by atoms with E-state index in [9.17, 15) is 32.3 Å². The summed E-state index contributed by atoms with van der Waals surface area (Å²) in [6.07, 6.45) is 0.920. The second-order valence-electron chi connectivity index (χ2n) is 7.98. The average Bonchev–Trinajstić information content (AvgIpc) is 3.17. The van der Waals surface area contributed by atoms with E-state index in [0.29, 0.717) is 19.4 Å². The van der Waals surface area contributed by atoms with E-state index in [0.717, 1.165) is 17.1 Å². The molecule has 174 valence electrons. The third-order valence-corrected chi connectivity index (χ3v) is 6.56. The molecule has 0 aromatic heterocycles. The van der Waals surface area contributed by atoms with Crippen LogP contribution in [0.15, 0.2) is 46.1 Å². The van der Waals surface area contributed by atoms with E-state index < -0.39 is 64.2 Å². The van der Waals surface area contributed by atoms with Gasteiger partial charge in [-0.15, -0.1) is 0 Å². The number of rotatable bonds is 4. The molecule has 2 aliphatic rings. The topological polar surface area (TPSA) is 72.9 Å². The van der Waals surface area contributed by atoms with Crippen LogP contribution in [0.3, 0.4) is 0 Å². The number of hydrogen-bond acceptors (Lipinski definition) is 4. The Kier molecular flexibility index (Phi) is 5.95. The van der Waals surface area contributed by atoms with Crippen LogP contribution in [-0.2, 0) is 16.1 Å². The Morgan fingerprint density at radius 3 is 2.61 bits per heavy atom. The molecule has 11 heteroatoms. The van der Waals surface area contributed by atoms with Gasteiger partial charge in [-0.3, -0.25) is 14.6 Å². The second kappa shape index (κ2) is 8.45. The maximum absolute atomic E-state index is 14.3. The standard InChI is InChI=1S/C22H18BrF4N3O3/c1-22-8-3-9-30(22)29(10-11-4-2-5-13(24)16(11)25)21(33)15(19(22)31)20(32)28-14-7-6-12(23)17(26)18(14)27/h2,4-7,31H,3,8-10H2,1H3,(H,28,32)/t22-/m1/s1. The minimum Gasteiger partial charge on any atom is -0.509 e. The van der Waals surface area contributed by atoms with Crippen molar-refractivity contribution in [2.75, 3.05) is 11.9 Å². The van der Waals surface area contributed by atoms with Crippen LogP contribution in [0.25, 0.3) is 0 Å². The number of benzene rings is 2. The monoisotopic (exact) mass is 527 g/mol. The zero-order valence-electron chi connectivity index (χ0n) is 17.3. The molecule has 6 nitrogen and oxygen atoms in total. The number of hydrazine groups is 1. The van der Waals surface area contributed by atoms with Crippen LogP contribution in [0, 0.1) is 23.3 Å². The molecule has 0 bridgehead atoms. The lowest BCUT2D eigenvalue weighted by atomic mass is 9.90. The first-order chi connectivity index (χ1) is 15.6. The lowest BCUT2D eigenvalue weighted by Gasteiger charge is -2.46. The number of anilines is 1. The molecule has 2 heterocycles. The highest BCUT2D eigenvalue weighted by Crippen LogP contribution is 2.42. The second-order valence-corrected chi connectivity index (χ2v) is 8.83. The van der Waals surface area contributed by atoms with Gasteiger partial charge in [0, 0.05) is 12.1 Å². The van der Waals surface area contributed by atoms with Gasteiger partial charge in [0.15, 0.2) is 23.3 Å². The summed E-state index contributed by atoms with van der Waals surface area (Å²) in [5.74, 6) is -7.49. The highest BCUT2D eigenvalue weighted by Gasteiger charge is 2.52. The SMILES string of the molecule is C[C@]12CCCN1N(Cc1cccc(F)c1F)C(=O)C(C(=O)Nc1ccc(Br)c(F)c1F)=C2O. The van der Waals surface area contributed by atoms with Gasteiger partial charge in [0.25, 0.3) is 11.8 Å². The lowest BCUT2D eigenvalue weighted by molar-refractivity contribution is -0.160. The van der Waals surface area contributed by atoms with Gasteiger partial charge in [-0.2, -0.15) is 0 Å². The Morgan fingerprint density at radius 1 is 1.15 bits per heavy atom. The highest BCUT2D eigenvalue weighted by atomic mass is 79.9. The van der Waals surface area contributed by atoms with Crippen LogP contribution >= 0.6 is 15.9 Å². The largest absolute Gasteiger partial charge is 0.509 e.